The number of rotatable bonds is 5. The topological polar surface area (TPSA) is 101 Å². The van der Waals surface area contributed by atoms with Crippen molar-refractivity contribution in [2.24, 2.45) is 5.73 Å². The Balaban J connectivity index is 0.00000272. The standard InChI is InChI=1S/C24H27N3O3.ClH/c1-15-18-11-12-24(2,30-22(18)20-6-4-3-5-19(20)21(15)28)13-14-29-17-9-7-16(8-10-17)27-23(25)26;/h3-10,28H,11-14H2,1-2H3,(H4,25,26,27);1H. The van der Waals surface area contributed by atoms with Gasteiger partial charge in [-0.3, -0.25) is 5.41 Å². The van der Waals surface area contributed by atoms with Gasteiger partial charge in [-0.1, -0.05) is 24.3 Å². The van der Waals surface area contributed by atoms with Crippen LogP contribution in [-0.2, 0) is 6.42 Å². The van der Waals surface area contributed by atoms with Crippen LogP contribution in [0.4, 0.5) is 5.69 Å². The van der Waals surface area contributed by atoms with Gasteiger partial charge in [0.25, 0.3) is 0 Å². The van der Waals surface area contributed by atoms with Crippen molar-refractivity contribution < 1.29 is 14.6 Å². The summed E-state index contributed by atoms with van der Waals surface area (Å²) < 4.78 is 12.5. The molecule has 0 amide bonds. The Bertz CT molecular complexity index is 1100. The highest BCUT2D eigenvalue weighted by Crippen LogP contribution is 2.45. The normalized spacial score (nSPS) is 17.2. The number of phenolic OH excluding ortho intramolecular Hbond substituents is 1. The van der Waals surface area contributed by atoms with E-state index in [-0.39, 0.29) is 24.0 Å². The number of nitrogens with one attached hydrogen (secondary N) is 2. The maximum Gasteiger partial charge on any atom is 0.190 e. The molecule has 4 rings (SSSR count). The van der Waals surface area contributed by atoms with Crippen molar-refractivity contribution in [3.8, 4) is 17.2 Å². The number of hydrogen-bond donors (Lipinski definition) is 4. The van der Waals surface area contributed by atoms with E-state index >= 15 is 0 Å². The molecule has 1 unspecified atom stereocenters. The Kier molecular flexibility index (Phi) is 6.51. The number of nitrogens with two attached hydrogens (primary N) is 1. The summed E-state index contributed by atoms with van der Waals surface area (Å²) in [6, 6.07) is 15.2. The number of guanidine groups is 1. The quantitative estimate of drug-likeness (QED) is 0.324. The van der Waals surface area contributed by atoms with Gasteiger partial charge in [0.05, 0.1) is 6.61 Å². The minimum absolute atomic E-state index is 0. The second-order valence-electron chi connectivity index (χ2n) is 8.04. The lowest BCUT2D eigenvalue weighted by atomic mass is 9.86. The molecular formula is C24H28ClN3O3. The first-order valence-corrected chi connectivity index (χ1v) is 10.1. The number of aromatic hydroxyl groups is 1. The number of benzene rings is 3. The molecule has 1 aliphatic rings. The van der Waals surface area contributed by atoms with Crippen molar-refractivity contribution >= 4 is 34.8 Å². The summed E-state index contributed by atoms with van der Waals surface area (Å²) in [5, 5.41) is 22.4. The third-order valence-corrected chi connectivity index (χ3v) is 5.79. The molecule has 0 saturated heterocycles. The van der Waals surface area contributed by atoms with E-state index in [4.69, 9.17) is 20.6 Å². The highest BCUT2D eigenvalue weighted by molar-refractivity contribution is 5.96. The molecule has 1 aliphatic heterocycles. The number of hydrogen-bond acceptors (Lipinski definition) is 4. The van der Waals surface area contributed by atoms with Crippen LogP contribution in [0.2, 0.25) is 0 Å². The molecule has 31 heavy (non-hydrogen) atoms. The van der Waals surface area contributed by atoms with Gasteiger partial charge in [-0.2, -0.15) is 0 Å². The van der Waals surface area contributed by atoms with Crippen LogP contribution in [0.1, 0.15) is 30.9 Å². The summed E-state index contributed by atoms with van der Waals surface area (Å²) in [7, 11) is 0. The van der Waals surface area contributed by atoms with Crippen LogP contribution in [0.3, 0.4) is 0 Å². The minimum Gasteiger partial charge on any atom is -0.507 e. The fourth-order valence-corrected chi connectivity index (χ4v) is 4.02. The molecule has 3 aromatic carbocycles. The molecule has 3 aromatic rings. The van der Waals surface area contributed by atoms with Gasteiger partial charge in [0.2, 0.25) is 0 Å². The van der Waals surface area contributed by atoms with E-state index < -0.39 is 0 Å². The van der Waals surface area contributed by atoms with Crippen LogP contribution >= 0.6 is 12.4 Å². The van der Waals surface area contributed by atoms with Gasteiger partial charge in [-0.15, -0.1) is 12.4 Å². The van der Waals surface area contributed by atoms with Crippen molar-refractivity contribution in [1.82, 2.24) is 0 Å². The molecule has 1 atom stereocenters. The van der Waals surface area contributed by atoms with Gasteiger partial charge in [0, 0.05) is 28.4 Å². The third kappa shape index (κ3) is 4.64. The van der Waals surface area contributed by atoms with Crippen molar-refractivity contribution in [1.29, 1.82) is 5.41 Å². The highest BCUT2D eigenvalue weighted by Gasteiger charge is 2.34. The molecule has 0 aromatic heterocycles. The smallest absolute Gasteiger partial charge is 0.190 e. The molecule has 5 N–H and O–H groups in total. The van der Waals surface area contributed by atoms with E-state index in [9.17, 15) is 5.11 Å². The Morgan fingerprint density at radius 3 is 2.55 bits per heavy atom. The average molecular weight is 442 g/mol. The fraction of sp³-hybridized carbons (Fsp3) is 0.292. The lowest BCUT2D eigenvalue weighted by Gasteiger charge is -2.37. The molecule has 0 spiro atoms. The third-order valence-electron chi connectivity index (χ3n) is 5.79. The summed E-state index contributed by atoms with van der Waals surface area (Å²) in [5.41, 5.74) is 7.75. The van der Waals surface area contributed by atoms with E-state index in [1.165, 1.54) is 0 Å². The molecule has 0 radical (unpaired) electrons. The predicted molar refractivity (Wildman–Crippen MR) is 127 cm³/mol. The number of phenols is 1. The van der Waals surface area contributed by atoms with Gasteiger partial charge in [0.1, 0.15) is 22.8 Å². The SMILES string of the molecule is Cc1c2c(c3ccccc3c1O)OC(C)(CCOc1ccc(NC(=N)N)cc1)CC2.Cl. The maximum absolute atomic E-state index is 10.6. The Hall–Kier alpha value is -3.12. The van der Waals surface area contributed by atoms with Gasteiger partial charge in [-0.25, -0.2) is 0 Å². The predicted octanol–water partition coefficient (Wildman–Crippen LogP) is 5.13. The first kappa shape index (κ1) is 22.6. The number of ether oxygens (including phenoxy) is 2. The molecule has 0 saturated carbocycles. The Morgan fingerprint density at radius 1 is 1.19 bits per heavy atom. The zero-order valence-corrected chi connectivity index (χ0v) is 18.5. The summed E-state index contributed by atoms with van der Waals surface area (Å²) in [5.74, 6) is 1.90. The van der Waals surface area contributed by atoms with Crippen LogP contribution < -0.4 is 20.5 Å². The van der Waals surface area contributed by atoms with Gasteiger partial charge in [-0.05, 0) is 56.5 Å². The Labute approximate surface area is 188 Å². The van der Waals surface area contributed by atoms with Crippen LogP contribution in [0.25, 0.3) is 10.8 Å². The molecule has 7 heteroatoms. The second-order valence-corrected chi connectivity index (χ2v) is 8.04. The largest absolute Gasteiger partial charge is 0.507 e. The van der Waals surface area contributed by atoms with E-state index in [0.717, 1.165) is 58.3 Å². The molecule has 6 nitrogen and oxygen atoms in total. The van der Waals surface area contributed by atoms with Crippen molar-refractivity contribution in [3.05, 3.63) is 59.7 Å². The van der Waals surface area contributed by atoms with E-state index in [2.05, 4.69) is 12.2 Å². The lowest BCUT2D eigenvalue weighted by Crippen LogP contribution is -2.38. The minimum atomic E-state index is -0.338. The second kappa shape index (κ2) is 8.94. The summed E-state index contributed by atoms with van der Waals surface area (Å²) >= 11 is 0. The van der Waals surface area contributed by atoms with Gasteiger partial charge in [0.15, 0.2) is 5.96 Å². The number of halogens is 1. The van der Waals surface area contributed by atoms with Gasteiger partial charge < -0.3 is 25.6 Å². The van der Waals surface area contributed by atoms with Crippen molar-refractivity contribution in [2.75, 3.05) is 11.9 Å². The van der Waals surface area contributed by atoms with E-state index in [1.54, 1.807) is 0 Å². The molecule has 0 fully saturated rings. The van der Waals surface area contributed by atoms with Crippen molar-refractivity contribution in [2.45, 2.75) is 38.7 Å². The fourth-order valence-electron chi connectivity index (χ4n) is 4.02. The molecule has 164 valence electrons. The van der Waals surface area contributed by atoms with Crippen LogP contribution in [-0.4, -0.2) is 23.3 Å². The number of fused-ring (bicyclic) bond motifs is 3. The summed E-state index contributed by atoms with van der Waals surface area (Å²) in [6.07, 6.45) is 2.47. The summed E-state index contributed by atoms with van der Waals surface area (Å²) in [6.45, 7) is 4.61. The van der Waals surface area contributed by atoms with E-state index in [1.807, 2.05) is 55.5 Å². The monoisotopic (exact) mass is 441 g/mol. The van der Waals surface area contributed by atoms with E-state index in [0.29, 0.717) is 12.4 Å². The van der Waals surface area contributed by atoms with Crippen LogP contribution in [0.5, 0.6) is 17.2 Å². The summed E-state index contributed by atoms with van der Waals surface area (Å²) in [4.78, 5) is 0. The van der Waals surface area contributed by atoms with Gasteiger partial charge >= 0.3 is 0 Å². The Morgan fingerprint density at radius 2 is 1.87 bits per heavy atom. The average Bonchev–Trinajstić information content (AvgIpc) is 2.73. The van der Waals surface area contributed by atoms with Crippen LogP contribution in [0.15, 0.2) is 48.5 Å². The zero-order chi connectivity index (χ0) is 21.3. The molecular weight excluding hydrogens is 414 g/mol. The maximum atomic E-state index is 10.6. The highest BCUT2D eigenvalue weighted by atomic mass is 35.5. The number of anilines is 1. The molecule has 0 aliphatic carbocycles. The van der Waals surface area contributed by atoms with Crippen molar-refractivity contribution in [3.63, 3.8) is 0 Å². The van der Waals surface area contributed by atoms with Crippen LogP contribution in [0, 0.1) is 12.3 Å². The first-order valence-electron chi connectivity index (χ1n) is 10.1. The molecule has 0 bridgehead atoms. The zero-order valence-electron chi connectivity index (χ0n) is 17.7. The molecule has 1 heterocycles. The first-order chi connectivity index (χ1) is 14.4. The lowest BCUT2D eigenvalue weighted by molar-refractivity contribution is 0.0437.